The topological polar surface area (TPSA) is 56.9 Å². The molecule has 1 heterocycles. The van der Waals surface area contributed by atoms with Crippen LogP contribution in [-0.4, -0.2) is 17.4 Å². The fourth-order valence-electron chi connectivity index (χ4n) is 3.14. The van der Waals surface area contributed by atoms with Gasteiger partial charge in [0.1, 0.15) is 0 Å². The normalized spacial score (nSPS) is 10.7. The summed E-state index contributed by atoms with van der Waals surface area (Å²) >= 11 is 0. The zero-order chi connectivity index (χ0) is 18.5. The summed E-state index contributed by atoms with van der Waals surface area (Å²) in [5, 5.41) is 7.49. The van der Waals surface area contributed by atoms with Crippen LogP contribution in [-0.2, 0) is 6.42 Å². The number of anilines is 2. The van der Waals surface area contributed by atoms with Gasteiger partial charge in [-0.1, -0.05) is 36.4 Å². The van der Waals surface area contributed by atoms with Gasteiger partial charge < -0.3 is 15.6 Å². The lowest BCUT2D eigenvalue weighted by atomic mass is 10.1. The molecule has 4 nitrogen and oxygen atoms in total. The molecular weight excluding hydrogens is 334 g/mol. The zero-order valence-electron chi connectivity index (χ0n) is 14.8. The fourth-order valence-corrected chi connectivity index (χ4v) is 3.14. The first-order valence-corrected chi connectivity index (χ1v) is 8.96. The largest absolute Gasteiger partial charge is 0.361 e. The molecule has 4 aromatic rings. The predicted molar refractivity (Wildman–Crippen MR) is 109 cm³/mol. The van der Waals surface area contributed by atoms with Crippen LogP contribution in [0.1, 0.15) is 15.9 Å². The van der Waals surface area contributed by atoms with Gasteiger partial charge in [0.15, 0.2) is 0 Å². The smallest absolute Gasteiger partial charge is 0.253 e. The second kappa shape index (κ2) is 7.79. The molecule has 3 aromatic carbocycles. The quantitative estimate of drug-likeness (QED) is 0.471. The van der Waals surface area contributed by atoms with Crippen LogP contribution in [0.15, 0.2) is 79.0 Å². The highest BCUT2D eigenvalue weighted by molar-refractivity contribution is 6.00. The van der Waals surface area contributed by atoms with Crippen molar-refractivity contribution < 1.29 is 4.79 Å². The van der Waals surface area contributed by atoms with Gasteiger partial charge in [0, 0.05) is 29.3 Å². The summed E-state index contributed by atoms with van der Waals surface area (Å²) < 4.78 is 0. The van der Waals surface area contributed by atoms with Crippen LogP contribution in [0.25, 0.3) is 10.9 Å². The SMILES string of the molecule is O=C(NCCc1c[nH]c2cc[c]cc12)c1ccccc1Nc1ccccc1. The number of aromatic nitrogens is 1. The lowest BCUT2D eigenvalue weighted by Crippen LogP contribution is -2.26. The number of carbonyl (C=O) groups is 1. The Labute approximate surface area is 158 Å². The number of hydrogen-bond donors (Lipinski definition) is 3. The second-order valence-electron chi connectivity index (χ2n) is 6.33. The summed E-state index contributed by atoms with van der Waals surface area (Å²) in [6.07, 6.45) is 2.76. The Morgan fingerprint density at radius 3 is 2.70 bits per heavy atom. The molecule has 1 aromatic heterocycles. The van der Waals surface area contributed by atoms with Gasteiger partial charge in [0.2, 0.25) is 0 Å². The Morgan fingerprint density at radius 1 is 1.00 bits per heavy atom. The predicted octanol–water partition coefficient (Wildman–Crippen LogP) is 4.68. The molecular formula is C23H20N3O. The number of hydrogen-bond acceptors (Lipinski definition) is 2. The maximum absolute atomic E-state index is 12.7. The summed E-state index contributed by atoms with van der Waals surface area (Å²) in [7, 11) is 0. The first-order valence-electron chi connectivity index (χ1n) is 8.96. The van der Waals surface area contributed by atoms with E-state index in [2.05, 4.69) is 21.7 Å². The molecule has 0 aliphatic rings. The van der Waals surface area contributed by atoms with E-state index in [-0.39, 0.29) is 5.91 Å². The van der Waals surface area contributed by atoms with E-state index in [9.17, 15) is 4.79 Å². The molecule has 0 aliphatic carbocycles. The van der Waals surface area contributed by atoms with Crippen molar-refractivity contribution in [2.24, 2.45) is 0 Å². The number of fused-ring (bicyclic) bond motifs is 1. The molecule has 4 heteroatoms. The average Bonchev–Trinajstić information content (AvgIpc) is 3.12. The van der Waals surface area contributed by atoms with Gasteiger partial charge in [0.05, 0.1) is 11.3 Å². The Hall–Kier alpha value is -3.53. The number of amides is 1. The summed E-state index contributed by atoms with van der Waals surface area (Å²) in [5.41, 5.74) is 4.65. The third-order valence-corrected chi connectivity index (χ3v) is 4.52. The van der Waals surface area contributed by atoms with Crippen LogP contribution in [0.2, 0.25) is 0 Å². The maximum atomic E-state index is 12.7. The first-order chi connectivity index (χ1) is 13.3. The van der Waals surface area contributed by atoms with Gasteiger partial charge in [-0.25, -0.2) is 0 Å². The van der Waals surface area contributed by atoms with E-state index >= 15 is 0 Å². The third kappa shape index (κ3) is 3.85. The van der Waals surface area contributed by atoms with Gasteiger partial charge in [-0.05, 0) is 54.4 Å². The highest BCUT2D eigenvalue weighted by Crippen LogP contribution is 2.21. The van der Waals surface area contributed by atoms with Gasteiger partial charge in [-0.15, -0.1) is 0 Å². The van der Waals surface area contributed by atoms with E-state index < -0.39 is 0 Å². The highest BCUT2D eigenvalue weighted by Gasteiger charge is 2.11. The summed E-state index contributed by atoms with van der Waals surface area (Å²) in [5.74, 6) is -0.0829. The van der Waals surface area contributed by atoms with E-state index in [1.54, 1.807) is 0 Å². The summed E-state index contributed by atoms with van der Waals surface area (Å²) in [4.78, 5) is 15.9. The summed E-state index contributed by atoms with van der Waals surface area (Å²) in [6.45, 7) is 0.570. The minimum Gasteiger partial charge on any atom is -0.361 e. The number of benzene rings is 3. The van der Waals surface area contributed by atoms with Gasteiger partial charge >= 0.3 is 0 Å². The Balaban J connectivity index is 1.43. The van der Waals surface area contributed by atoms with Gasteiger partial charge in [0.25, 0.3) is 5.91 Å². The molecule has 3 N–H and O–H groups in total. The Bertz CT molecular complexity index is 1050. The van der Waals surface area contributed by atoms with E-state index in [1.165, 1.54) is 5.56 Å². The van der Waals surface area contributed by atoms with Gasteiger partial charge in [-0.3, -0.25) is 4.79 Å². The van der Waals surface area contributed by atoms with E-state index in [1.807, 2.05) is 79.0 Å². The minimum atomic E-state index is -0.0829. The monoisotopic (exact) mass is 354 g/mol. The second-order valence-corrected chi connectivity index (χ2v) is 6.33. The molecule has 0 atom stereocenters. The van der Waals surface area contributed by atoms with Crippen molar-refractivity contribution in [1.29, 1.82) is 0 Å². The number of H-pyrrole nitrogens is 1. The molecule has 0 saturated heterocycles. The first kappa shape index (κ1) is 16.9. The van der Waals surface area contributed by atoms with Crippen molar-refractivity contribution in [1.82, 2.24) is 10.3 Å². The number of rotatable bonds is 6. The fraction of sp³-hybridized carbons (Fsp3) is 0.0870. The molecule has 0 bridgehead atoms. The standard InChI is InChI=1S/C23H20N3O/c27-23(24-15-14-17-16-25-21-12-6-4-10-19(17)21)20-11-5-7-13-22(20)26-18-8-2-1-3-9-18/h1-3,5-13,16,25-26H,14-15H2,(H,24,27). The molecule has 4 rings (SSSR count). The van der Waals surface area contributed by atoms with Gasteiger partial charge in [-0.2, -0.15) is 0 Å². The van der Waals surface area contributed by atoms with Crippen molar-refractivity contribution in [3.8, 4) is 0 Å². The average molecular weight is 354 g/mol. The maximum Gasteiger partial charge on any atom is 0.253 e. The molecule has 0 aliphatic heterocycles. The number of aromatic amines is 1. The molecule has 0 fully saturated rings. The minimum absolute atomic E-state index is 0.0829. The van der Waals surface area contributed by atoms with Crippen LogP contribution in [0.3, 0.4) is 0 Å². The third-order valence-electron chi connectivity index (χ3n) is 4.52. The Morgan fingerprint density at radius 2 is 1.81 bits per heavy atom. The van der Waals surface area contributed by atoms with Crippen molar-refractivity contribution in [3.05, 3.63) is 96.2 Å². The van der Waals surface area contributed by atoms with Crippen LogP contribution >= 0.6 is 0 Å². The van der Waals surface area contributed by atoms with E-state index in [0.29, 0.717) is 12.1 Å². The van der Waals surface area contributed by atoms with E-state index in [4.69, 9.17) is 0 Å². The van der Waals surface area contributed by atoms with Crippen molar-refractivity contribution in [3.63, 3.8) is 0 Å². The molecule has 0 spiro atoms. The molecule has 1 amide bonds. The number of carbonyl (C=O) groups excluding carboxylic acids is 1. The van der Waals surface area contributed by atoms with Crippen LogP contribution in [0.5, 0.6) is 0 Å². The number of nitrogens with one attached hydrogen (secondary N) is 3. The van der Waals surface area contributed by atoms with Crippen molar-refractivity contribution >= 4 is 28.2 Å². The molecule has 0 saturated carbocycles. The molecule has 27 heavy (non-hydrogen) atoms. The molecule has 1 radical (unpaired) electrons. The van der Waals surface area contributed by atoms with Crippen molar-refractivity contribution in [2.45, 2.75) is 6.42 Å². The lowest BCUT2D eigenvalue weighted by molar-refractivity contribution is 0.0955. The van der Waals surface area contributed by atoms with Crippen LogP contribution < -0.4 is 10.6 Å². The number of para-hydroxylation sites is 2. The van der Waals surface area contributed by atoms with Crippen LogP contribution in [0, 0.1) is 6.07 Å². The van der Waals surface area contributed by atoms with Crippen LogP contribution in [0.4, 0.5) is 11.4 Å². The lowest BCUT2D eigenvalue weighted by Gasteiger charge is -2.12. The Kier molecular flexibility index (Phi) is 4.88. The zero-order valence-corrected chi connectivity index (χ0v) is 14.8. The highest BCUT2D eigenvalue weighted by atomic mass is 16.1. The van der Waals surface area contributed by atoms with E-state index in [0.717, 1.165) is 28.7 Å². The van der Waals surface area contributed by atoms with Crippen molar-refractivity contribution in [2.75, 3.05) is 11.9 Å². The summed E-state index contributed by atoms with van der Waals surface area (Å²) in [6, 6.07) is 26.4. The molecule has 0 unspecified atom stereocenters. The molecule has 133 valence electrons.